The van der Waals surface area contributed by atoms with Gasteiger partial charge in [0.25, 0.3) is 17.5 Å². The number of nitro benzene ring substituents is 1. The Morgan fingerprint density at radius 3 is 2.60 bits per heavy atom. The molecule has 2 heterocycles. The predicted molar refractivity (Wildman–Crippen MR) is 93.7 cm³/mol. The summed E-state index contributed by atoms with van der Waals surface area (Å²) in [4.78, 5) is 41.3. The largest absolute Gasteiger partial charge is 0.283 e. The molecule has 1 aliphatic rings. The van der Waals surface area contributed by atoms with Gasteiger partial charge in [0.05, 0.1) is 21.7 Å². The Hall–Kier alpha value is -3.13. The Morgan fingerprint density at radius 1 is 1.04 bits per heavy atom. The maximum atomic E-state index is 12.8. The molecule has 7 nitrogen and oxygen atoms in total. The molecule has 4 rings (SSSR count). The number of hydrogen-bond acceptors (Lipinski definition) is 5. The molecule has 1 aromatic heterocycles. The van der Waals surface area contributed by atoms with Gasteiger partial charge in [-0.05, 0) is 24.3 Å². The van der Waals surface area contributed by atoms with Gasteiger partial charge in [-0.25, -0.2) is 4.90 Å². The number of halogens is 1. The zero-order valence-corrected chi connectivity index (χ0v) is 14.1. The standard InChI is InChI=1S/C17H8BrN3O4/c18-11-6-7-13(15-9(11)4-2-8-19-15)20-16(22)10-3-1-5-12(21(24)25)14(10)17(20)23/h1-8H. The van der Waals surface area contributed by atoms with Crippen molar-refractivity contribution in [1.29, 1.82) is 0 Å². The first-order valence-electron chi connectivity index (χ1n) is 7.20. The van der Waals surface area contributed by atoms with Gasteiger partial charge in [0.2, 0.25) is 0 Å². The summed E-state index contributed by atoms with van der Waals surface area (Å²) >= 11 is 3.41. The minimum Gasteiger partial charge on any atom is -0.268 e. The van der Waals surface area contributed by atoms with E-state index < -0.39 is 16.7 Å². The molecule has 122 valence electrons. The van der Waals surface area contributed by atoms with Gasteiger partial charge in [-0.15, -0.1) is 0 Å². The number of anilines is 1. The summed E-state index contributed by atoms with van der Waals surface area (Å²) < 4.78 is 0.766. The Kier molecular flexibility index (Phi) is 3.36. The van der Waals surface area contributed by atoms with Crippen LogP contribution in [-0.2, 0) is 0 Å². The van der Waals surface area contributed by atoms with Crippen LogP contribution in [0.5, 0.6) is 0 Å². The number of fused-ring (bicyclic) bond motifs is 2. The summed E-state index contributed by atoms with van der Waals surface area (Å²) in [7, 11) is 0. The van der Waals surface area contributed by atoms with Gasteiger partial charge in [-0.1, -0.05) is 28.1 Å². The molecule has 0 saturated carbocycles. The second-order valence-electron chi connectivity index (χ2n) is 5.37. The van der Waals surface area contributed by atoms with Crippen molar-refractivity contribution in [3.8, 4) is 0 Å². The molecule has 0 unspecified atom stereocenters. The van der Waals surface area contributed by atoms with Crippen LogP contribution >= 0.6 is 15.9 Å². The quantitative estimate of drug-likeness (QED) is 0.373. The molecule has 1 aliphatic heterocycles. The molecular weight excluding hydrogens is 390 g/mol. The van der Waals surface area contributed by atoms with Crippen LogP contribution in [0.15, 0.2) is 53.1 Å². The van der Waals surface area contributed by atoms with E-state index in [1.807, 2.05) is 0 Å². The van der Waals surface area contributed by atoms with E-state index in [9.17, 15) is 19.7 Å². The molecule has 2 aromatic carbocycles. The number of carbonyl (C=O) groups is 2. The number of imide groups is 1. The first kappa shape index (κ1) is 15.4. The third-order valence-electron chi connectivity index (χ3n) is 4.03. The highest BCUT2D eigenvalue weighted by atomic mass is 79.9. The van der Waals surface area contributed by atoms with Gasteiger partial charge in [0.1, 0.15) is 5.56 Å². The van der Waals surface area contributed by atoms with Gasteiger partial charge in [-0.2, -0.15) is 0 Å². The number of nitro groups is 1. The Morgan fingerprint density at radius 2 is 1.84 bits per heavy atom. The third-order valence-corrected chi connectivity index (χ3v) is 4.72. The second-order valence-corrected chi connectivity index (χ2v) is 6.22. The van der Waals surface area contributed by atoms with Crippen molar-refractivity contribution < 1.29 is 14.5 Å². The predicted octanol–water partition coefficient (Wildman–Crippen LogP) is 3.71. The SMILES string of the molecule is O=C1c2cccc([N+](=O)[O-])c2C(=O)N1c1ccc(Br)c2cccnc12. The molecule has 0 atom stereocenters. The van der Waals surface area contributed by atoms with Crippen LogP contribution in [0.25, 0.3) is 10.9 Å². The zero-order chi connectivity index (χ0) is 17.7. The summed E-state index contributed by atoms with van der Waals surface area (Å²) in [5.41, 5.74) is 0.191. The van der Waals surface area contributed by atoms with Crippen molar-refractivity contribution in [2.75, 3.05) is 4.90 Å². The van der Waals surface area contributed by atoms with E-state index >= 15 is 0 Å². The van der Waals surface area contributed by atoms with Crippen molar-refractivity contribution in [1.82, 2.24) is 4.98 Å². The molecule has 8 heteroatoms. The Labute approximate surface area is 149 Å². The number of benzene rings is 2. The molecule has 25 heavy (non-hydrogen) atoms. The monoisotopic (exact) mass is 397 g/mol. The fourth-order valence-corrected chi connectivity index (χ4v) is 3.39. The van der Waals surface area contributed by atoms with E-state index in [0.717, 1.165) is 14.8 Å². The van der Waals surface area contributed by atoms with Crippen LogP contribution in [0, 0.1) is 10.1 Å². The van der Waals surface area contributed by atoms with E-state index in [2.05, 4.69) is 20.9 Å². The van der Waals surface area contributed by atoms with Crippen LogP contribution in [0.2, 0.25) is 0 Å². The van der Waals surface area contributed by atoms with E-state index in [1.54, 1.807) is 30.5 Å². The average Bonchev–Trinajstić information content (AvgIpc) is 2.87. The molecule has 0 saturated heterocycles. The minimum absolute atomic E-state index is 0.0196. The number of hydrogen-bond donors (Lipinski definition) is 0. The molecule has 0 N–H and O–H groups in total. The Balaban J connectivity index is 1.96. The summed E-state index contributed by atoms with van der Waals surface area (Å²) in [5.74, 6) is -1.32. The molecular formula is C17H8BrN3O4. The summed E-state index contributed by atoms with van der Waals surface area (Å²) in [6, 6.07) is 10.9. The van der Waals surface area contributed by atoms with Crippen LogP contribution < -0.4 is 4.90 Å². The lowest BCUT2D eigenvalue weighted by Gasteiger charge is -2.16. The van der Waals surface area contributed by atoms with Crippen LogP contribution in [0.3, 0.4) is 0 Å². The maximum absolute atomic E-state index is 12.8. The molecule has 0 spiro atoms. The normalized spacial score (nSPS) is 13.4. The van der Waals surface area contributed by atoms with Gasteiger partial charge < -0.3 is 0 Å². The average molecular weight is 398 g/mol. The molecule has 0 radical (unpaired) electrons. The first-order valence-corrected chi connectivity index (χ1v) is 7.99. The highest BCUT2D eigenvalue weighted by Gasteiger charge is 2.42. The molecule has 0 aliphatic carbocycles. The van der Waals surface area contributed by atoms with Gasteiger partial charge in [0, 0.05) is 22.1 Å². The number of amides is 2. The van der Waals surface area contributed by atoms with Gasteiger partial charge >= 0.3 is 0 Å². The molecule has 3 aromatic rings. The van der Waals surface area contributed by atoms with Crippen molar-refractivity contribution in [3.63, 3.8) is 0 Å². The summed E-state index contributed by atoms with van der Waals surface area (Å²) in [5, 5.41) is 11.9. The van der Waals surface area contributed by atoms with Crippen molar-refractivity contribution in [2.45, 2.75) is 0 Å². The minimum atomic E-state index is -0.721. The smallest absolute Gasteiger partial charge is 0.268 e. The zero-order valence-electron chi connectivity index (χ0n) is 12.5. The number of carbonyl (C=O) groups excluding carboxylic acids is 2. The number of aromatic nitrogens is 1. The summed E-state index contributed by atoms with van der Waals surface area (Å²) in [6.07, 6.45) is 1.55. The highest BCUT2D eigenvalue weighted by Crippen LogP contribution is 2.37. The maximum Gasteiger partial charge on any atom is 0.283 e. The lowest BCUT2D eigenvalue weighted by molar-refractivity contribution is -0.385. The molecule has 0 fully saturated rings. The lowest BCUT2D eigenvalue weighted by Crippen LogP contribution is -2.29. The van der Waals surface area contributed by atoms with Crippen LogP contribution in [0.4, 0.5) is 11.4 Å². The van der Waals surface area contributed by atoms with E-state index in [1.165, 1.54) is 18.2 Å². The fraction of sp³-hybridized carbons (Fsp3) is 0. The number of pyridine rings is 1. The Bertz CT molecular complexity index is 1100. The third kappa shape index (κ3) is 2.14. The summed E-state index contributed by atoms with van der Waals surface area (Å²) in [6.45, 7) is 0. The van der Waals surface area contributed by atoms with Crippen molar-refractivity contribution >= 4 is 50.0 Å². The lowest BCUT2D eigenvalue weighted by atomic mass is 10.1. The topological polar surface area (TPSA) is 93.4 Å². The van der Waals surface area contributed by atoms with Gasteiger partial charge in [-0.3, -0.25) is 24.7 Å². The molecule has 2 amide bonds. The fourth-order valence-electron chi connectivity index (χ4n) is 2.94. The number of nitrogens with zero attached hydrogens (tertiary/aromatic N) is 3. The van der Waals surface area contributed by atoms with Crippen LogP contribution in [-0.4, -0.2) is 21.7 Å². The van der Waals surface area contributed by atoms with Crippen LogP contribution in [0.1, 0.15) is 20.7 Å². The second kappa shape index (κ2) is 5.45. The highest BCUT2D eigenvalue weighted by molar-refractivity contribution is 9.10. The first-order chi connectivity index (χ1) is 12.0. The van der Waals surface area contributed by atoms with Crippen molar-refractivity contribution in [3.05, 3.63) is 74.4 Å². The van der Waals surface area contributed by atoms with E-state index in [0.29, 0.717) is 11.2 Å². The number of rotatable bonds is 2. The molecule has 0 bridgehead atoms. The van der Waals surface area contributed by atoms with Crippen molar-refractivity contribution in [2.24, 2.45) is 0 Å². The van der Waals surface area contributed by atoms with E-state index in [-0.39, 0.29) is 16.8 Å². The van der Waals surface area contributed by atoms with E-state index in [4.69, 9.17) is 0 Å². The van der Waals surface area contributed by atoms with Gasteiger partial charge in [0.15, 0.2) is 0 Å².